The van der Waals surface area contributed by atoms with Crippen LogP contribution in [0, 0.1) is 12.8 Å². The molecular formula is C20H25N3O3. The van der Waals surface area contributed by atoms with Crippen molar-refractivity contribution in [2.24, 2.45) is 5.92 Å². The summed E-state index contributed by atoms with van der Waals surface area (Å²) in [5.41, 5.74) is 2.99. The van der Waals surface area contributed by atoms with E-state index in [9.17, 15) is 9.59 Å². The first-order valence-corrected chi connectivity index (χ1v) is 9.12. The van der Waals surface area contributed by atoms with Gasteiger partial charge in [-0.05, 0) is 31.4 Å². The van der Waals surface area contributed by atoms with Crippen LogP contribution in [0.1, 0.15) is 48.9 Å². The molecule has 2 amide bonds. The number of aryl methyl sites for hydroxylation is 2. The Hall–Kier alpha value is -2.63. The molecule has 1 saturated heterocycles. The van der Waals surface area contributed by atoms with Crippen LogP contribution in [0.5, 0.6) is 0 Å². The standard InChI is InChI=1S/C20H25N3O3/c1-4-14-10-15(26-22-14)12-21-20(25)17-11-18(24)23(5-2)19(17)16-9-7-6-8-13(16)3/h6-10,17,19H,4-5,11-12H2,1-3H3,(H,21,25)/t17-,19+/m1/s1. The summed E-state index contributed by atoms with van der Waals surface area (Å²) < 4.78 is 5.22. The third-order valence-corrected chi connectivity index (χ3v) is 5.02. The second kappa shape index (κ2) is 7.72. The summed E-state index contributed by atoms with van der Waals surface area (Å²) in [6.45, 7) is 6.83. The molecule has 1 N–H and O–H groups in total. The highest BCUT2D eigenvalue weighted by Crippen LogP contribution is 2.39. The quantitative estimate of drug-likeness (QED) is 0.864. The molecule has 26 heavy (non-hydrogen) atoms. The molecule has 1 aliphatic rings. The highest BCUT2D eigenvalue weighted by atomic mass is 16.5. The lowest BCUT2D eigenvalue weighted by Crippen LogP contribution is -2.35. The minimum absolute atomic E-state index is 0.0221. The first-order chi connectivity index (χ1) is 12.5. The Morgan fingerprint density at radius 3 is 2.77 bits per heavy atom. The number of hydrogen-bond acceptors (Lipinski definition) is 4. The molecule has 138 valence electrons. The van der Waals surface area contributed by atoms with Crippen molar-refractivity contribution in [2.75, 3.05) is 6.54 Å². The van der Waals surface area contributed by atoms with Crippen molar-refractivity contribution in [3.05, 3.63) is 52.9 Å². The van der Waals surface area contributed by atoms with Crippen LogP contribution in [-0.4, -0.2) is 28.4 Å². The van der Waals surface area contributed by atoms with Gasteiger partial charge in [-0.3, -0.25) is 9.59 Å². The molecule has 0 spiro atoms. The topological polar surface area (TPSA) is 75.4 Å². The van der Waals surface area contributed by atoms with Crippen LogP contribution in [-0.2, 0) is 22.6 Å². The maximum Gasteiger partial charge on any atom is 0.226 e. The van der Waals surface area contributed by atoms with Gasteiger partial charge in [0.05, 0.1) is 24.2 Å². The Kier molecular flexibility index (Phi) is 5.40. The summed E-state index contributed by atoms with van der Waals surface area (Å²) in [6.07, 6.45) is 1.02. The number of nitrogens with zero attached hydrogens (tertiary/aromatic N) is 2. The lowest BCUT2D eigenvalue weighted by Gasteiger charge is -2.28. The van der Waals surface area contributed by atoms with Crippen molar-refractivity contribution in [1.82, 2.24) is 15.4 Å². The van der Waals surface area contributed by atoms with Crippen molar-refractivity contribution < 1.29 is 14.1 Å². The van der Waals surface area contributed by atoms with Crippen molar-refractivity contribution >= 4 is 11.8 Å². The Bertz CT molecular complexity index is 799. The van der Waals surface area contributed by atoms with Gasteiger partial charge in [0.25, 0.3) is 0 Å². The molecule has 0 bridgehead atoms. The van der Waals surface area contributed by atoms with Gasteiger partial charge in [0.15, 0.2) is 5.76 Å². The Morgan fingerprint density at radius 1 is 1.35 bits per heavy atom. The second-order valence-electron chi connectivity index (χ2n) is 6.65. The lowest BCUT2D eigenvalue weighted by molar-refractivity contribution is -0.129. The summed E-state index contributed by atoms with van der Waals surface area (Å²) in [4.78, 5) is 27.1. The summed E-state index contributed by atoms with van der Waals surface area (Å²) in [5, 5.41) is 6.84. The minimum atomic E-state index is -0.405. The van der Waals surface area contributed by atoms with E-state index in [2.05, 4.69) is 10.5 Å². The van der Waals surface area contributed by atoms with Crippen LogP contribution >= 0.6 is 0 Å². The van der Waals surface area contributed by atoms with Crippen LogP contribution in [0.25, 0.3) is 0 Å². The van der Waals surface area contributed by atoms with Crippen molar-refractivity contribution in [3.8, 4) is 0 Å². The largest absolute Gasteiger partial charge is 0.359 e. The van der Waals surface area contributed by atoms with Crippen LogP contribution in [0.15, 0.2) is 34.9 Å². The molecule has 6 heteroatoms. The summed E-state index contributed by atoms with van der Waals surface area (Å²) in [5.74, 6) is 0.113. The predicted molar refractivity (Wildman–Crippen MR) is 97.1 cm³/mol. The third kappa shape index (κ3) is 3.49. The molecule has 0 saturated carbocycles. The first-order valence-electron chi connectivity index (χ1n) is 9.12. The molecule has 3 rings (SSSR count). The van der Waals surface area contributed by atoms with Gasteiger partial charge in [0, 0.05) is 19.0 Å². The second-order valence-corrected chi connectivity index (χ2v) is 6.65. The highest BCUT2D eigenvalue weighted by molar-refractivity contribution is 5.90. The van der Waals surface area contributed by atoms with Gasteiger partial charge in [-0.25, -0.2) is 0 Å². The monoisotopic (exact) mass is 355 g/mol. The summed E-state index contributed by atoms with van der Waals surface area (Å²) >= 11 is 0. The van der Waals surface area contributed by atoms with E-state index >= 15 is 0 Å². The molecule has 0 radical (unpaired) electrons. The molecule has 1 aromatic heterocycles. The first kappa shape index (κ1) is 18.2. The number of aromatic nitrogens is 1. The highest BCUT2D eigenvalue weighted by Gasteiger charge is 2.44. The molecule has 1 aromatic carbocycles. The fourth-order valence-electron chi connectivity index (χ4n) is 3.61. The number of amides is 2. The molecule has 2 atom stereocenters. The summed E-state index contributed by atoms with van der Waals surface area (Å²) in [7, 11) is 0. The Balaban J connectivity index is 1.78. The predicted octanol–water partition coefficient (Wildman–Crippen LogP) is 2.77. The van der Waals surface area contributed by atoms with E-state index < -0.39 is 5.92 Å². The smallest absolute Gasteiger partial charge is 0.226 e. The maximum atomic E-state index is 12.8. The van der Waals surface area contributed by atoms with E-state index in [1.165, 1.54) is 0 Å². The van der Waals surface area contributed by atoms with Gasteiger partial charge in [0.2, 0.25) is 11.8 Å². The minimum Gasteiger partial charge on any atom is -0.359 e. The van der Waals surface area contributed by atoms with Crippen LogP contribution in [0.2, 0.25) is 0 Å². The van der Waals surface area contributed by atoms with E-state index in [4.69, 9.17) is 4.52 Å². The number of carbonyl (C=O) groups is 2. The number of rotatable bonds is 6. The van der Waals surface area contributed by atoms with Crippen molar-refractivity contribution in [3.63, 3.8) is 0 Å². The van der Waals surface area contributed by atoms with Gasteiger partial charge < -0.3 is 14.7 Å². The fraction of sp³-hybridized carbons (Fsp3) is 0.450. The Morgan fingerprint density at radius 2 is 2.12 bits per heavy atom. The van der Waals surface area contributed by atoms with Gasteiger partial charge in [-0.2, -0.15) is 0 Å². The maximum absolute atomic E-state index is 12.8. The number of likely N-dealkylation sites (tertiary alicyclic amines) is 1. The van der Waals surface area contributed by atoms with E-state index in [0.29, 0.717) is 12.3 Å². The fourth-order valence-corrected chi connectivity index (χ4v) is 3.61. The van der Waals surface area contributed by atoms with Crippen LogP contribution in [0.4, 0.5) is 0 Å². The molecule has 2 aromatic rings. The molecule has 1 fully saturated rings. The molecular weight excluding hydrogens is 330 g/mol. The van der Waals surface area contributed by atoms with Crippen LogP contribution in [0.3, 0.4) is 0 Å². The van der Waals surface area contributed by atoms with Gasteiger partial charge in [0.1, 0.15) is 0 Å². The lowest BCUT2D eigenvalue weighted by atomic mass is 9.90. The average Bonchev–Trinajstić information content (AvgIpc) is 3.24. The molecule has 1 aliphatic heterocycles. The zero-order valence-electron chi connectivity index (χ0n) is 15.5. The zero-order valence-corrected chi connectivity index (χ0v) is 15.5. The molecule has 0 aliphatic carbocycles. The molecule has 6 nitrogen and oxygen atoms in total. The number of benzene rings is 1. The van der Waals surface area contributed by atoms with Gasteiger partial charge in [-0.15, -0.1) is 0 Å². The zero-order chi connectivity index (χ0) is 18.7. The van der Waals surface area contributed by atoms with E-state index in [1.54, 1.807) is 4.90 Å². The van der Waals surface area contributed by atoms with Crippen molar-refractivity contribution in [2.45, 2.75) is 46.2 Å². The number of carbonyl (C=O) groups excluding carboxylic acids is 2. The van der Waals surface area contributed by atoms with E-state index in [0.717, 1.165) is 23.2 Å². The molecule has 2 heterocycles. The molecule has 0 unspecified atom stereocenters. The number of nitrogens with one attached hydrogen (secondary N) is 1. The van der Waals surface area contributed by atoms with E-state index in [-0.39, 0.29) is 30.8 Å². The van der Waals surface area contributed by atoms with Crippen molar-refractivity contribution in [1.29, 1.82) is 0 Å². The van der Waals surface area contributed by atoms with Gasteiger partial charge in [-0.1, -0.05) is 36.3 Å². The third-order valence-electron chi connectivity index (χ3n) is 5.02. The number of hydrogen-bond donors (Lipinski definition) is 1. The van der Waals surface area contributed by atoms with E-state index in [1.807, 2.05) is 51.1 Å². The average molecular weight is 355 g/mol. The van der Waals surface area contributed by atoms with Crippen LogP contribution < -0.4 is 5.32 Å². The normalized spacial score (nSPS) is 19.8. The Labute approximate surface area is 153 Å². The summed E-state index contributed by atoms with van der Waals surface area (Å²) in [6, 6.07) is 9.56. The SMILES string of the molecule is CCc1cc(CNC(=O)[C@@H]2CC(=O)N(CC)[C@H]2c2ccccc2C)on1. The van der Waals surface area contributed by atoms with Gasteiger partial charge >= 0.3 is 0 Å².